The van der Waals surface area contributed by atoms with Gasteiger partial charge in [0.15, 0.2) is 0 Å². The van der Waals surface area contributed by atoms with E-state index in [1.54, 1.807) is 31.4 Å². The third kappa shape index (κ3) is 5.62. The molecular weight excluding hydrogens is 464 g/mol. The van der Waals surface area contributed by atoms with Crippen LogP contribution in [0.4, 0.5) is 4.79 Å². The number of methoxy groups -OCH3 is 1. The number of nitrogens with one attached hydrogen (secondary N) is 1. The number of primary amides is 1. The summed E-state index contributed by atoms with van der Waals surface area (Å²) >= 11 is 0. The maximum Gasteiger partial charge on any atom is 0.326 e. The lowest BCUT2D eigenvalue weighted by Gasteiger charge is -2.14. The molecule has 0 unspecified atom stereocenters. The summed E-state index contributed by atoms with van der Waals surface area (Å²) in [6.07, 6.45) is 0. The summed E-state index contributed by atoms with van der Waals surface area (Å²) in [6, 6.07) is 26.0. The molecular formula is C27H24N2O5S. The Kier molecular flexibility index (Phi) is 6.75. The minimum Gasteiger partial charge on any atom is -0.497 e. The number of rotatable bonds is 7. The van der Waals surface area contributed by atoms with E-state index in [9.17, 15) is 13.2 Å². The minimum atomic E-state index is -4.28. The molecule has 4 aromatic rings. The van der Waals surface area contributed by atoms with Crippen LogP contribution in [-0.2, 0) is 10.0 Å². The van der Waals surface area contributed by atoms with Gasteiger partial charge in [-0.3, -0.25) is 0 Å². The van der Waals surface area contributed by atoms with E-state index in [2.05, 4.69) is 0 Å². The number of aryl methyl sites for hydroxylation is 1. The first kappa shape index (κ1) is 23.8. The van der Waals surface area contributed by atoms with Gasteiger partial charge in [-0.2, -0.15) is 0 Å². The number of urea groups is 1. The molecule has 4 rings (SSSR count). The monoisotopic (exact) mass is 488 g/mol. The Balaban J connectivity index is 1.73. The molecule has 0 aromatic heterocycles. The molecule has 0 bridgehead atoms. The summed E-state index contributed by atoms with van der Waals surface area (Å²) in [7, 11) is -2.68. The molecule has 3 N–H and O–H groups in total. The Morgan fingerprint density at radius 2 is 1.37 bits per heavy atom. The van der Waals surface area contributed by atoms with Gasteiger partial charge in [0.25, 0.3) is 10.0 Å². The van der Waals surface area contributed by atoms with Crippen LogP contribution in [0.2, 0.25) is 0 Å². The van der Waals surface area contributed by atoms with Crippen LogP contribution in [0.1, 0.15) is 5.56 Å². The predicted octanol–water partition coefficient (Wildman–Crippen LogP) is 5.49. The van der Waals surface area contributed by atoms with Gasteiger partial charge in [0.05, 0.1) is 7.11 Å². The van der Waals surface area contributed by atoms with Gasteiger partial charge in [0.1, 0.15) is 22.1 Å². The van der Waals surface area contributed by atoms with Gasteiger partial charge in [-0.1, -0.05) is 60.2 Å². The number of sulfonamides is 1. The van der Waals surface area contributed by atoms with Crippen LogP contribution in [0.15, 0.2) is 95.9 Å². The fourth-order valence-corrected chi connectivity index (χ4v) is 4.60. The van der Waals surface area contributed by atoms with Crippen molar-refractivity contribution in [3.8, 4) is 39.5 Å². The third-order valence-corrected chi connectivity index (χ3v) is 6.71. The van der Waals surface area contributed by atoms with Gasteiger partial charge >= 0.3 is 6.03 Å². The van der Waals surface area contributed by atoms with Gasteiger partial charge in [0, 0.05) is 0 Å². The van der Waals surface area contributed by atoms with Gasteiger partial charge < -0.3 is 15.2 Å². The highest BCUT2D eigenvalue weighted by atomic mass is 32.2. The van der Waals surface area contributed by atoms with E-state index >= 15 is 0 Å². The van der Waals surface area contributed by atoms with Crippen molar-refractivity contribution >= 4 is 16.1 Å². The first-order chi connectivity index (χ1) is 16.7. The van der Waals surface area contributed by atoms with Crippen molar-refractivity contribution < 1.29 is 22.7 Å². The second-order valence-corrected chi connectivity index (χ2v) is 9.51. The van der Waals surface area contributed by atoms with E-state index in [1.165, 1.54) is 6.07 Å². The number of hydrogen-bond donors (Lipinski definition) is 2. The first-order valence-corrected chi connectivity index (χ1v) is 12.2. The number of hydrogen-bond acceptors (Lipinski definition) is 5. The van der Waals surface area contributed by atoms with Gasteiger partial charge in [-0.05, 0) is 65.6 Å². The molecule has 4 aromatic carbocycles. The Hall–Kier alpha value is -4.30. The normalized spacial score (nSPS) is 11.0. The number of carbonyl (C=O) groups is 1. The highest BCUT2D eigenvalue weighted by Crippen LogP contribution is 2.34. The molecule has 2 amide bonds. The molecule has 0 saturated carbocycles. The Bertz CT molecular complexity index is 1460. The van der Waals surface area contributed by atoms with Crippen molar-refractivity contribution in [3.05, 3.63) is 96.6 Å². The molecule has 7 nitrogen and oxygen atoms in total. The number of nitrogens with two attached hydrogens (primary N) is 1. The van der Waals surface area contributed by atoms with E-state index in [0.717, 1.165) is 28.0 Å². The summed E-state index contributed by atoms with van der Waals surface area (Å²) in [6.45, 7) is 1.97. The number of ether oxygens (including phenoxy) is 2. The van der Waals surface area contributed by atoms with Gasteiger partial charge in [-0.15, -0.1) is 0 Å². The van der Waals surface area contributed by atoms with E-state index in [0.29, 0.717) is 11.3 Å². The van der Waals surface area contributed by atoms with E-state index in [-0.39, 0.29) is 10.6 Å². The van der Waals surface area contributed by atoms with Crippen LogP contribution in [-0.4, -0.2) is 21.6 Å². The maximum atomic E-state index is 12.9. The highest BCUT2D eigenvalue weighted by molar-refractivity contribution is 7.90. The van der Waals surface area contributed by atoms with Gasteiger partial charge in [-0.25, -0.2) is 17.9 Å². The molecule has 0 saturated heterocycles. The molecule has 8 heteroatoms. The fraction of sp³-hybridized carbons (Fsp3) is 0.0741. The van der Waals surface area contributed by atoms with E-state index in [1.807, 2.05) is 72.3 Å². The van der Waals surface area contributed by atoms with Crippen molar-refractivity contribution in [2.75, 3.05) is 7.11 Å². The molecule has 0 aliphatic carbocycles. The lowest BCUT2D eigenvalue weighted by Crippen LogP contribution is -2.35. The summed E-state index contributed by atoms with van der Waals surface area (Å²) in [5.41, 5.74) is 9.47. The van der Waals surface area contributed by atoms with Crippen LogP contribution in [0.5, 0.6) is 17.2 Å². The number of amides is 2. The number of carbonyl (C=O) groups excluding carboxylic acids is 1. The standard InChI is InChI=1S/C27H24N2O5S/c1-18-6-8-19(9-7-18)22-12-15-25(26(17-22)35(31,32)29-27(28)30)34-24-5-3-4-21(16-24)20-10-13-23(33-2)14-11-20/h3-17H,1-2H3,(H3,28,29,30). The zero-order valence-electron chi connectivity index (χ0n) is 19.2. The average molecular weight is 489 g/mol. The minimum absolute atomic E-state index is 0.0569. The molecule has 0 atom stereocenters. The van der Waals surface area contributed by atoms with Crippen LogP contribution in [0, 0.1) is 6.92 Å². The average Bonchev–Trinajstić information content (AvgIpc) is 2.84. The van der Waals surface area contributed by atoms with Crippen molar-refractivity contribution in [1.29, 1.82) is 0 Å². The van der Waals surface area contributed by atoms with Crippen molar-refractivity contribution in [3.63, 3.8) is 0 Å². The number of benzene rings is 4. The molecule has 0 heterocycles. The quantitative estimate of drug-likeness (QED) is 0.358. The SMILES string of the molecule is COc1ccc(-c2cccc(Oc3ccc(-c4ccc(C)cc4)cc3S(=O)(=O)NC(N)=O)c2)cc1. The predicted molar refractivity (Wildman–Crippen MR) is 135 cm³/mol. The fourth-order valence-electron chi connectivity index (χ4n) is 3.56. The summed E-state index contributed by atoms with van der Waals surface area (Å²) < 4.78 is 38.9. The third-order valence-electron chi connectivity index (χ3n) is 5.34. The maximum absolute atomic E-state index is 12.9. The smallest absolute Gasteiger partial charge is 0.326 e. The Labute approximate surface area is 204 Å². The van der Waals surface area contributed by atoms with Crippen molar-refractivity contribution in [2.24, 2.45) is 5.73 Å². The molecule has 178 valence electrons. The topological polar surface area (TPSA) is 108 Å². The molecule has 0 radical (unpaired) electrons. The van der Waals surface area contributed by atoms with Crippen molar-refractivity contribution in [1.82, 2.24) is 4.72 Å². The zero-order chi connectivity index (χ0) is 25.0. The summed E-state index contributed by atoms with van der Waals surface area (Å²) in [4.78, 5) is 11.2. The van der Waals surface area contributed by atoms with E-state index in [4.69, 9.17) is 15.2 Å². The Morgan fingerprint density at radius 1 is 0.771 bits per heavy atom. The van der Waals surface area contributed by atoms with Crippen LogP contribution < -0.4 is 19.9 Å². The van der Waals surface area contributed by atoms with Crippen LogP contribution >= 0.6 is 0 Å². The van der Waals surface area contributed by atoms with Crippen molar-refractivity contribution in [2.45, 2.75) is 11.8 Å². The molecule has 35 heavy (non-hydrogen) atoms. The second-order valence-electron chi connectivity index (χ2n) is 7.86. The summed E-state index contributed by atoms with van der Waals surface area (Å²) in [5, 5.41) is 0. The van der Waals surface area contributed by atoms with Crippen LogP contribution in [0.3, 0.4) is 0 Å². The zero-order valence-corrected chi connectivity index (χ0v) is 20.0. The second kappa shape index (κ2) is 9.90. The molecule has 0 aliphatic rings. The molecule has 0 aliphatic heterocycles. The van der Waals surface area contributed by atoms with Crippen LogP contribution in [0.25, 0.3) is 22.3 Å². The Morgan fingerprint density at radius 3 is 2.00 bits per heavy atom. The van der Waals surface area contributed by atoms with Gasteiger partial charge in [0.2, 0.25) is 0 Å². The van der Waals surface area contributed by atoms with E-state index < -0.39 is 16.1 Å². The lowest BCUT2D eigenvalue weighted by molar-refractivity contribution is 0.253. The summed E-state index contributed by atoms with van der Waals surface area (Å²) in [5.74, 6) is 1.23. The first-order valence-electron chi connectivity index (χ1n) is 10.7. The largest absolute Gasteiger partial charge is 0.497 e. The lowest BCUT2D eigenvalue weighted by atomic mass is 10.0. The highest BCUT2D eigenvalue weighted by Gasteiger charge is 2.23. The molecule has 0 fully saturated rings. The molecule has 0 spiro atoms.